The van der Waals surface area contributed by atoms with Gasteiger partial charge in [-0.25, -0.2) is 23.0 Å². The molecule has 16 heteroatoms. The summed E-state index contributed by atoms with van der Waals surface area (Å²) in [5.41, 5.74) is 0.0923. The summed E-state index contributed by atoms with van der Waals surface area (Å²) < 4.78 is 59.6. The molecule has 2 aliphatic heterocycles. The Hall–Kier alpha value is -2.62. The molecule has 4 heterocycles. The van der Waals surface area contributed by atoms with Crippen molar-refractivity contribution in [1.29, 1.82) is 0 Å². The van der Waals surface area contributed by atoms with E-state index in [2.05, 4.69) is 14.6 Å². The molecule has 38 heavy (non-hydrogen) atoms. The number of carboxylic acid groups (broad SMARTS) is 2. The maximum absolute atomic E-state index is 12.5. The number of hydrogen-bond donors (Lipinski definition) is 3. The molecule has 2 saturated heterocycles. The minimum atomic E-state index is -5.08. The maximum Gasteiger partial charge on any atom is 0.490 e. The molecule has 2 aromatic heterocycles. The third kappa shape index (κ3) is 7.94. The number of anilines is 2. The van der Waals surface area contributed by atoms with Crippen LogP contribution in [0.3, 0.4) is 0 Å². The van der Waals surface area contributed by atoms with Crippen LogP contribution in [-0.4, -0.2) is 78.9 Å². The number of aromatic nitrogens is 1. The lowest BCUT2D eigenvalue weighted by Crippen LogP contribution is -2.47. The van der Waals surface area contributed by atoms with Crippen molar-refractivity contribution in [1.82, 2.24) is 9.88 Å². The third-order valence-electron chi connectivity index (χ3n) is 6.08. The van der Waals surface area contributed by atoms with Gasteiger partial charge in [0.15, 0.2) is 0 Å². The van der Waals surface area contributed by atoms with Gasteiger partial charge in [-0.15, -0.1) is 11.3 Å². The molecule has 0 atom stereocenters. The second-order valence-electron chi connectivity index (χ2n) is 8.68. The lowest BCUT2D eigenvalue weighted by Gasteiger charge is -2.40. The fourth-order valence-electron chi connectivity index (χ4n) is 4.30. The Morgan fingerprint density at radius 1 is 1.08 bits per heavy atom. The highest BCUT2D eigenvalue weighted by molar-refractivity contribution is 7.94. The van der Waals surface area contributed by atoms with Crippen molar-refractivity contribution >= 4 is 56.4 Å². The first-order valence-electron chi connectivity index (χ1n) is 11.6. The zero-order chi connectivity index (χ0) is 28.1. The number of aromatic carboxylic acids is 1. The zero-order valence-corrected chi connectivity index (χ0v) is 22.3. The molecule has 210 valence electrons. The molecule has 2 aliphatic rings. The van der Waals surface area contributed by atoms with Gasteiger partial charge in [-0.1, -0.05) is 18.0 Å². The van der Waals surface area contributed by atoms with E-state index in [-0.39, 0.29) is 15.5 Å². The van der Waals surface area contributed by atoms with E-state index in [9.17, 15) is 31.5 Å². The number of aliphatic carboxylic acids is 1. The number of thiophene rings is 1. The molecule has 0 amide bonds. The fraction of sp³-hybridized carbons (Fsp3) is 0.500. The molecular formula is C22H26ClF3N4O6S2. The van der Waals surface area contributed by atoms with E-state index >= 15 is 0 Å². The molecule has 0 aliphatic carbocycles. The standard InChI is InChI=1S/C20H25ClN4O4S2.C2HF3O2/c21-17-4-5-18(30-17)31(28,29)23-14-12-16(20(26)27)19(22-13-14)25-10-6-15(7-11-25)24-8-2-1-3-9-24;3-2(4,5)1(6)7/h4-5,12-13,15,23H,1-3,6-11H2,(H,26,27);(H,6,7). The smallest absolute Gasteiger partial charge is 0.478 e. The number of carboxylic acids is 2. The Bertz CT molecular complexity index is 1240. The topological polar surface area (TPSA) is 140 Å². The Morgan fingerprint density at radius 2 is 1.68 bits per heavy atom. The van der Waals surface area contributed by atoms with E-state index in [1.165, 1.54) is 43.7 Å². The number of alkyl halides is 3. The largest absolute Gasteiger partial charge is 0.490 e. The van der Waals surface area contributed by atoms with Crippen LogP contribution >= 0.6 is 22.9 Å². The summed E-state index contributed by atoms with van der Waals surface area (Å²) in [6.45, 7) is 3.75. The van der Waals surface area contributed by atoms with Gasteiger partial charge in [-0.3, -0.25) is 4.72 Å². The molecule has 0 saturated carbocycles. The summed E-state index contributed by atoms with van der Waals surface area (Å²) in [7, 11) is -3.86. The molecule has 3 N–H and O–H groups in total. The summed E-state index contributed by atoms with van der Waals surface area (Å²) in [6.07, 6.45) is 2.02. The van der Waals surface area contributed by atoms with Crippen molar-refractivity contribution < 1.29 is 41.4 Å². The summed E-state index contributed by atoms with van der Waals surface area (Å²) in [4.78, 5) is 29.7. The number of halogens is 4. The SMILES string of the molecule is O=C(O)C(F)(F)F.O=C(O)c1cc(NS(=O)(=O)c2ccc(Cl)s2)cnc1N1CCC(N2CCCCC2)CC1. The van der Waals surface area contributed by atoms with Gasteiger partial charge in [0.05, 0.1) is 16.2 Å². The van der Waals surface area contributed by atoms with E-state index < -0.39 is 28.1 Å². The molecule has 4 rings (SSSR count). The Balaban J connectivity index is 0.000000505. The number of likely N-dealkylation sites (tertiary alicyclic amines) is 1. The van der Waals surface area contributed by atoms with Gasteiger partial charge in [0, 0.05) is 19.1 Å². The van der Waals surface area contributed by atoms with Crippen molar-refractivity contribution in [3.63, 3.8) is 0 Å². The number of piperidine rings is 2. The van der Waals surface area contributed by atoms with Gasteiger partial charge < -0.3 is 20.0 Å². The average molecular weight is 599 g/mol. The van der Waals surface area contributed by atoms with Crippen LogP contribution in [-0.2, 0) is 14.8 Å². The second-order valence-corrected chi connectivity index (χ2v) is 12.3. The summed E-state index contributed by atoms with van der Waals surface area (Å²) >= 11 is 6.76. The van der Waals surface area contributed by atoms with Crippen LogP contribution in [0.1, 0.15) is 42.5 Å². The van der Waals surface area contributed by atoms with Gasteiger partial charge in [-0.05, 0) is 57.0 Å². The second kappa shape index (κ2) is 12.5. The summed E-state index contributed by atoms with van der Waals surface area (Å²) in [5, 5.41) is 16.9. The monoisotopic (exact) mass is 598 g/mol. The van der Waals surface area contributed by atoms with E-state index in [0.717, 1.165) is 50.4 Å². The lowest BCUT2D eigenvalue weighted by atomic mass is 9.99. The molecule has 0 radical (unpaired) electrons. The number of carbonyl (C=O) groups is 2. The van der Waals surface area contributed by atoms with Gasteiger partial charge in [0.25, 0.3) is 10.0 Å². The van der Waals surface area contributed by atoms with Gasteiger partial charge in [0.2, 0.25) is 0 Å². The highest BCUT2D eigenvalue weighted by atomic mass is 35.5. The quantitative estimate of drug-likeness (QED) is 0.442. The number of nitrogens with one attached hydrogen (secondary N) is 1. The van der Waals surface area contributed by atoms with Crippen LogP contribution in [0, 0.1) is 0 Å². The number of pyridine rings is 1. The highest BCUT2D eigenvalue weighted by Gasteiger charge is 2.38. The predicted molar refractivity (Wildman–Crippen MR) is 136 cm³/mol. The number of nitrogens with zero attached hydrogens (tertiary/aromatic N) is 3. The molecule has 10 nitrogen and oxygen atoms in total. The molecule has 0 unspecified atom stereocenters. The van der Waals surface area contributed by atoms with Gasteiger partial charge in [0.1, 0.15) is 15.6 Å². The number of sulfonamides is 1. The number of rotatable bonds is 6. The van der Waals surface area contributed by atoms with Gasteiger partial charge >= 0.3 is 18.1 Å². The van der Waals surface area contributed by atoms with E-state index in [1.807, 2.05) is 4.90 Å². The van der Waals surface area contributed by atoms with Crippen molar-refractivity contribution in [2.45, 2.75) is 48.5 Å². The Kier molecular flexibility index (Phi) is 9.84. The molecule has 0 spiro atoms. The van der Waals surface area contributed by atoms with Crippen molar-refractivity contribution in [2.75, 3.05) is 35.8 Å². The first kappa shape index (κ1) is 29.9. The molecule has 0 bridgehead atoms. The number of hydrogen-bond acceptors (Lipinski definition) is 8. The van der Waals surface area contributed by atoms with Crippen LogP contribution in [0.15, 0.2) is 28.6 Å². The predicted octanol–water partition coefficient (Wildman–Crippen LogP) is 4.38. The minimum absolute atomic E-state index is 0.0131. The van der Waals surface area contributed by atoms with E-state index in [4.69, 9.17) is 21.5 Å². The fourth-order valence-corrected chi connectivity index (χ4v) is 6.81. The first-order chi connectivity index (χ1) is 17.8. The van der Waals surface area contributed by atoms with Gasteiger partial charge in [-0.2, -0.15) is 13.2 Å². The average Bonchev–Trinajstić information content (AvgIpc) is 3.32. The Morgan fingerprint density at radius 3 is 2.18 bits per heavy atom. The minimum Gasteiger partial charge on any atom is -0.478 e. The molecule has 2 aromatic rings. The molecule has 2 fully saturated rings. The van der Waals surface area contributed by atoms with Crippen LogP contribution in [0.5, 0.6) is 0 Å². The summed E-state index contributed by atoms with van der Waals surface area (Å²) in [6, 6.07) is 4.77. The lowest BCUT2D eigenvalue weighted by molar-refractivity contribution is -0.192. The van der Waals surface area contributed by atoms with E-state index in [0.29, 0.717) is 16.2 Å². The molecular weight excluding hydrogens is 573 g/mol. The third-order valence-corrected chi connectivity index (χ3v) is 9.18. The van der Waals surface area contributed by atoms with Crippen LogP contribution in [0.2, 0.25) is 4.34 Å². The zero-order valence-electron chi connectivity index (χ0n) is 19.9. The maximum atomic E-state index is 12.5. The highest BCUT2D eigenvalue weighted by Crippen LogP contribution is 2.30. The van der Waals surface area contributed by atoms with Crippen molar-refractivity contribution in [3.8, 4) is 0 Å². The van der Waals surface area contributed by atoms with Crippen LogP contribution in [0.25, 0.3) is 0 Å². The summed E-state index contributed by atoms with van der Waals surface area (Å²) in [5.74, 6) is -3.51. The van der Waals surface area contributed by atoms with E-state index in [1.54, 1.807) is 0 Å². The van der Waals surface area contributed by atoms with Crippen molar-refractivity contribution in [2.24, 2.45) is 0 Å². The first-order valence-corrected chi connectivity index (χ1v) is 14.3. The van der Waals surface area contributed by atoms with Crippen LogP contribution in [0.4, 0.5) is 24.7 Å². The normalized spacial score (nSPS) is 17.4. The van der Waals surface area contributed by atoms with Crippen molar-refractivity contribution in [3.05, 3.63) is 34.3 Å². The Labute approximate surface area is 226 Å². The van der Waals surface area contributed by atoms with Crippen LogP contribution < -0.4 is 9.62 Å². The molecule has 0 aromatic carbocycles.